The molecule has 0 amide bonds. The molecule has 1 aromatic carbocycles. The highest BCUT2D eigenvalue weighted by atomic mass is 16.5. The lowest BCUT2D eigenvalue weighted by atomic mass is 10.2. The Balaban J connectivity index is 2.08. The van der Waals surface area contributed by atoms with Crippen LogP contribution in [0.4, 0.5) is 0 Å². The largest absolute Gasteiger partial charge is 0.497 e. The summed E-state index contributed by atoms with van der Waals surface area (Å²) in [6.07, 6.45) is 3.78. The molecule has 0 atom stereocenters. The van der Waals surface area contributed by atoms with Crippen LogP contribution >= 0.6 is 0 Å². The minimum absolute atomic E-state index is 0.472. The fraction of sp³-hybridized carbons (Fsp3) is 0.400. The summed E-state index contributed by atoms with van der Waals surface area (Å²) in [5, 5.41) is 3.41. The normalized spacial score (nSPS) is 10.9. The highest BCUT2D eigenvalue weighted by Gasteiger charge is 2.04. The fourth-order valence-electron chi connectivity index (χ4n) is 1.91. The van der Waals surface area contributed by atoms with E-state index in [0.29, 0.717) is 6.04 Å². The molecule has 0 bridgehead atoms. The lowest BCUT2D eigenvalue weighted by Gasteiger charge is -2.11. The summed E-state index contributed by atoms with van der Waals surface area (Å²) in [4.78, 5) is 4.23. The van der Waals surface area contributed by atoms with E-state index in [9.17, 15) is 0 Å². The Hall–Kier alpha value is -1.81. The third-order valence-electron chi connectivity index (χ3n) is 2.98. The maximum atomic E-state index is 5.25. The van der Waals surface area contributed by atoms with E-state index in [1.807, 2.05) is 24.7 Å². The third kappa shape index (κ3) is 3.83. The van der Waals surface area contributed by atoms with Gasteiger partial charge in [-0.05, 0) is 17.7 Å². The number of hydrogen-bond donors (Lipinski definition) is 1. The van der Waals surface area contributed by atoms with Crippen LogP contribution in [0.1, 0.15) is 25.1 Å². The van der Waals surface area contributed by atoms with Crippen LogP contribution in [-0.2, 0) is 13.1 Å². The SMILES string of the molecule is COc1cccc(Cn2cncc2CNC(C)C)c1. The highest BCUT2D eigenvalue weighted by molar-refractivity contribution is 5.28. The molecule has 2 aromatic rings. The summed E-state index contributed by atoms with van der Waals surface area (Å²) in [7, 11) is 1.69. The first-order chi connectivity index (χ1) is 9.19. The number of benzene rings is 1. The summed E-state index contributed by atoms with van der Waals surface area (Å²) < 4.78 is 7.40. The Kier molecular flexibility index (Phi) is 4.58. The van der Waals surface area contributed by atoms with E-state index in [0.717, 1.165) is 18.8 Å². The van der Waals surface area contributed by atoms with Crippen LogP contribution in [0.25, 0.3) is 0 Å². The molecular formula is C15H21N3O. The number of imidazole rings is 1. The molecule has 0 fully saturated rings. The van der Waals surface area contributed by atoms with Crippen LogP contribution in [0.3, 0.4) is 0 Å². The van der Waals surface area contributed by atoms with Crippen molar-refractivity contribution in [1.82, 2.24) is 14.9 Å². The Labute approximate surface area is 114 Å². The molecular weight excluding hydrogens is 238 g/mol. The molecule has 0 radical (unpaired) electrons. The standard InChI is InChI=1S/C15H21N3O/c1-12(2)17-9-14-8-16-11-18(14)10-13-5-4-6-15(7-13)19-3/h4-8,11-12,17H,9-10H2,1-3H3. The van der Waals surface area contributed by atoms with Gasteiger partial charge in [-0.1, -0.05) is 26.0 Å². The summed E-state index contributed by atoms with van der Waals surface area (Å²) in [5.74, 6) is 0.888. The van der Waals surface area contributed by atoms with Gasteiger partial charge in [0.15, 0.2) is 0 Å². The van der Waals surface area contributed by atoms with Crippen LogP contribution in [0.15, 0.2) is 36.8 Å². The van der Waals surface area contributed by atoms with Crippen molar-refractivity contribution in [2.75, 3.05) is 7.11 Å². The van der Waals surface area contributed by atoms with E-state index in [1.54, 1.807) is 7.11 Å². The van der Waals surface area contributed by atoms with Gasteiger partial charge in [0.1, 0.15) is 5.75 Å². The summed E-state index contributed by atoms with van der Waals surface area (Å²) >= 11 is 0. The topological polar surface area (TPSA) is 39.1 Å². The van der Waals surface area contributed by atoms with E-state index in [1.165, 1.54) is 11.3 Å². The lowest BCUT2D eigenvalue weighted by Crippen LogP contribution is -2.23. The number of nitrogens with one attached hydrogen (secondary N) is 1. The number of methoxy groups -OCH3 is 1. The molecule has 0 unspecified atom stereocenters. The smallest absolute Gasteiger partial charge is 0.119 e. The summed E-state index contributed by atoms with van der Waals surface area (Å²) in [6, 6.07) is 8.60. The minimum Gasteiger partial charge on any atom is -0.497 e. The fourth-order valence-corrected chi connectivity index (χ4v) is 1.91. The first-order valence-corrected chi connectivity index (χ1v) is 6.54. The highest BCUT2D eigenvalue weighted by Crippen LogP contribution is 2.14. The van der Waals surface area contributed by atoms with Gasteiger partial charge in [0, 0.05) is 25.3 Å². The van der Waals surface area contributed by atoms with Gasteiger partial charge < -0.3 is 14.6 Å². The second kappa shape index (κ2) is 6.38. The third-order valence-corrected chi connectivity index (χ3v) is 2.98. The molecule has 4 nitrogen and oxygen atoms in total. The molecule has 19 heavy (non-hydrogen) atoms. The van der Waals surface area contributed by atoms with Crippen LogP contribution in [0.2, 0.25) is 0 Å². The average Bonchev–Trinajstić information content (AvgIpc) is 2.84. The number of hydrogen-bond acceptors (Lipinski definition) is 3. The van der Waals surface area contributed by atoms with Crippen molar-refractivity contribution in [2.45, 2.75) is 33.0 Å². The van der Waals surface area contributed by atoms with Gasteiger partial charge in [-0.15, -0.1) is 0 Å². The van der Waals surface area contributed by atoms with E-state index in [-0.39, 0.29) is 0 Å². The molecule has 1 N–H and O–H groups in total. The number of ether oxygens (including phenoxy) is 1. The van der Waals surface area contributed by atoms with Crippen molar-refractivity contribution in [1.29, 1.82) is 0 Å². The monoisotopic (exact) mass is 259 g/mol. The second-order valence-electron chi connectivity index (χ2n) is 4.90. The first kappa shape index (κ1) is 13.6. The molecule has 1 aromatic heterocycles. The van der Waals surface area contributed by atoms with Gasteiger partial charge in [0.25, 0.3) is 0 Å². The Morgan fingerprint density at radius 3 is 2.95 bits per heavy atom. The molecule has 102 valence electrons. The molecule has 2 rings (SSSR count). The van der Waals surface area contributed by atoms with E-state index < -0.39 is 0 Å². The number of aromatic nitrogens is 2. The van der Waals surface area contributed by atoms with Crippen molar-refractivity contribution in [3.63, 3.8) is 0 Å². The van der Waals surface area contributed by atoms with Crippen molar-refractivity contribution in [2.24, 2.45) is 0 Å². The zero-order chi connectivity index (χ0) is 13.7. The predicted octanol–water partition coefficient (Wildman–Crippen LogP) is 2.44. The summed E-state index contributed by atoms with van der Waals surface area (Å²) in [6.45, 7) is 5.93. The molecule has 0 spiro atoms. The molecule has 0 saturated carbocycles. The maximum absolute atomic E-state index is 5.25. The summed E-state index contributed by atoms with van der Waals surface area (Å²) in [5.41, 5.74) is 2.40. The number of nitrogens with zero attached hydrogens (tertiary/aromatic N) is 2. The molecule has 0 saturated heterocycles. The molecule has 4 heteroatoms. The van der Waals surface area contributed by atoms with E-state index >= 15 is 0 Å². The van der Waals surface area contributed by atoms with Crippen molar-refractivity contribution in [3.8, 4) is 5.75 Å². The van der Waals surface area contributed by atoms with Crippen LogP contribution < -0.4 is 10.1 Å². The van der Waals surface area contributed by atoms with Gasteiger partial charge in [-0.3, -0.25) is 0 Å². The van der Waals surface area contributed by atoms with Gasteiger partial charge in [-0.25, -0.2) is 4.98 Å². The average molecular weight is 259 g/mol. The van der Waals surface area contributed by atoms with Crippen LogP contribution in [0, 0.1) is 0 Å². The second-order valence-corrected chi connectivity index (χ2v) is 4.90. The molecule has 0 aliphatic rings. The Morgan fingerprint density at radius 1 is 1.37 bits per heavy atom. The molecule has 0 aliphatic heterocycles. The van der Waals surface area contributed by atoms with Gasteiger partial charge >= 0.3 is 0 Å². The van der Waals surface area contributed by atoms with E-state index in [4.69, 9.17) is 4.74 Å². The van der Waals surface area contributed by atoms with Crippen molar-refractivity contribution >= 4 is 0 Å². The van der Waals surface area contributed by atoms with Crippen molar-refractivity contribution in [3.05, 3.63) is 48.0 Å². The first-order valence-electron chi connectivity index (χ1n) is 6.54. The van der Waals surface area contributed by atoms with Gasteiger partial charge in [0.2, 0.25) is 0 Å². The van der Waals surface area contributed by atoms with Gasteiger partial charge in [0.05, 0.1) is 19.1 Å². The zero-order valence-corrected chi connectivity index (χ0v) is 11.8. The van der Waals surface area contributed by atoms with E-state index in [2.05, 4.69) is 40.8 Å². The lowest BCUT2D eigenvalue weighted by molar-refractivity contribution is 0.414. The Bertz CT molecular complexity index is 520. The maximum Gasteiger partial charge on any atom is 0.119 e. The predicted molar refractivity (Wildman–Crippen MR) is 76.3 cm³/mol. The Morgan fingerprint density at radius 2 is 2.21 bits per heavy atom. The number of rotatable bonds is 6. The molecule has 0 aliphatic carbocycles. The van der Waals surface area contributed by atoms with Crippen LogP contribution in [0.5, 0.6) is 5.75 Å². The van der Waals surface area contributed by atoms with Crippen molar-refractivity contribution < 1.29 is 4.74 Å². The zero-order valence-electron chi connectivity index (χ0n) is 11.8. The minimum atomic E-state index is 0.472. The molecule has 1 heterocycles. The quantitative estimate of drug-likeness (QED) is 0.866. The van der Waals surface area contributed by atoms with Crippen LogP contribution in [-0.4, -0.2) is 22.7 Å². The van der Waals surface area contributed by atoms with Gasteiger partial charge in [-0.2, -0.15) is 0 Å².